The van der Waals surface area contributed by atoms with Crippen LogP contribution in [-0.2, 0) is 34.1 Å². The van der Waals surface area contributed by atoms with Gasteiger partial charge in [-0.05, 0) is 53.3 Å². The van der Waals surface area contributed by atoms with Crippen molar-refractivity contribution in [2.75, 3.05) is 0 Å². The Kier molecular flexibility index (Phi) is 21.8. The number of hydrogen-bond donors (Lipinski definition) is 0. The van der Waals surface area contributed by atoms with Gasteiger partial charge in [-0.2, -0.15) is 0 Å². The Morgan fingerprint density at radius 3 is 1.21 bits per heavy atom. The molecule has 0 amide bonds. The van der Waals surface area contributed by atoms with Crippen molar-refractivity contribution in [1.29, 1.82) is 0 Å². The summed E-state index contributed by atoms with van der Waals surface area (Å²) in [5.41, 5.74) is 6.20. The van der Waals surface area contributed by atoms with Crippen molar-refractivity contribution >= 4 is 53.7 Å². The molecule has 4 aliphatic carbocycles. The molecule has 47 heavy (non-hydrogen) atoms. The summed E-state index contributed by atoms with van der Waals surface area (Å²) in [7, 11) is 15.7. The first-order chi connectivity index (χ1) is 20.9. The van der Waals surface area contributed by atoms with E-state index >= 15 is 0 Å². The van der Waals surface area contributed by atoms with E-state index in [4.69, 9.17) is 47.2 Å². The van der Waals surface area contributed by atoms with Gasteiger partial charge >= 0.3 is 71.3 Å². The van der Waals surface area contributed by atoms with Crippen LogP contribution < -0.4 is 0 Å². The van der Waals surface area contributed by atoms with Crippen LogP contribution in [0.2, 0.25) is 26.2 Å². The minimum atomic E-state index is -1.92. The number of allylic oxidation sites excluding steroid dienone is 16. The molecule has 0 saturated carbocycles. The zero-order chi connectivity index (χ0) is 34.1. The van der Waals surface area contributed by atoms with Crippen molar-refractivity contribution in [3.63, 3.8) is 0 Å². The summed E-state index contributed by atoms with van der Waals surface area (Å²) < 4.78 is 0. The molecule has 0 heterocycles. The molecule has 0 N–H and O–H groups in total. The van der Waals surface area contributed by atoms with Gasteiger partial charge in [0.15, 0.2) is 0 Å². The van der Waals surface area contributed by atoms with Crippen molar-refractivity contribution in [2.24, 2.45) is 11.8 Å². The van der Waals surface area contributed by atoms with Crippen LogP contribution >= 0.6 is 37.2 Å². The molecule has 264 valence electrons. The van der Waals surface area contributed by atoms with E-state index in [2.05, 4.69) is 128 Å². The van der Waals surface area contributed by atoms with Gasteiger partial charge in [0.25, 0.3) is 0 Å². The quantitative estimate of drug-likeness (QED) is 0.119. The maximum atomic E-state index is 5.41. The van der Waals surface area contributed by atoms with Gasteiger partial charge in [0.2, 0.25) is 0 Å². The van der Waals surface area contributed by atoms with E-state index in [1.165, 1.54) is 43.3 Å². The Labute approximate surface area is 325 Å². The van der Waals surface area contributed by atoms with Gasteiger partial charge in [-0.25, -0.2) is 0 Å². The molecular formula is C37H58Cl4N2Si2Ti2-4. The van der Waals surface area contributed by atoms with Gasteiger partial charge in [0.1, 0.15) is 0 Å². The fraction of sp³-hybridized carbons (Fsp3) is 0.514. The number of fused-ring (bicyclic) bond motifs is 2. The molecule has 2 atom stereocenters. The fourth-order valence-corrected chi connectivity index (χ4v) is 14.9. The van der Waals surface area contributed by atoms with Gasteiger partial charge in [-0.3, -0.25) is 0 Å². The number of unbranched alkanes of at least 4 members (excludes halogenated alkanes) is 2. The third kappa shape index (κ3) is 15.2. The molecule has 0 saturated heterocycles. The second-order valence-corrected chi connectivity index (χ2v) is 27.8. The third-order valence-electron chi connectivity index (χ3n) is 7.96. The van der Waals surface area contributed by atoms with Crippen molar-refractivity contribution in [3.05, 3.63) is 118 Å². The van der Waals surface area contributed by atoms with Crippen LogP contribution in [0.15, 0.2) is 93.4 Å². The molecule has 4 rings (SSSR count). The summed E-state index contributed by atoms with van der Waals surface area (Å²) in [4.78, 5) is 10.8. The molecule has 0 aromatic heterocycles. The zero-order valence-electron chi connectivity index (χ0n) is 30.9. The number of halogens is 4. The predicted molar refractivity (Wildman–Crippen MR) is 214 cm³/mol. The first-order valence-corrected chi connectivity index (χ1v) is 30.4. The average Bonchev–Trinajstić information content (AvgIpc) is 3.45. The van der Waals surface area contributed by atoms with E-state index in [9.17, 15) is 0 Å². The van der Waals surface area contributed by atoms with Crippen LogP contribution in [0.1, 0.15) is 73.6 Å². The van der Waals surface area contributed by atoms with Crippen molar-refractivity contribution in [1.82, 2.24) is 0 Å². The van der Waals surface area contributed by atoms with Crippen molar-refractivity contribution < 1.29 is 34.1 Å². The molecule has 0 radical (unpaired) electrons. The number of hydrogen-bond acceptors (Lipinski definition) is 0. The zero-order valence-corrected chi connectivity index (χ0v) is 39.0. The summed E-state index contributed by atoms with van der Waals surface area (Å²) in [6.07, 6.45) is 29.5. The Bertz CT molecular complexity index is 1170. The molecular weight excluding hydrogens is 766 g/mol. The Balaban J connectivity index is 0.00000246. The van der Waals surface area contributed by atoms with E-state index in [-0.39, 0.29) is 25.9 Å². The van der Waals surface area contributed by atoms with Gasteiger partial charge < -0.3 is 24.8 Å². The minimum absolute atomic E-state index is 0. The average molecular weight is 825 g/mol. The summed E-state index contributed by atoms with van der Waals surface area (Å²) in [5, 5.41) is 3.21. The van der Waals surface area contributed by atoms with Crippen molar-refractivity contribution in [2.45, 2.75) is 111 Å². The van der Waals surface area contributed by atoms with Crippen LogP contribution in [0.4, 0.5) is 0 Å². The Morgan fingerprint density at radius 1 is 0.596 bits per heavy atom. The second kappa shape index (κ2) is 21.4. The maximum absolute atomic E-state index is 5.41. The molecule has 10 heteroatoms. The Hall–Kier alpha value is 0.862. The fourth-order valence-electron chi connectivity index (χ4n) is 7.38. The summed E-state index contributed by atoms with van der Waals surface area (Å²) in [6, 6.07) is 0. The molecule has 0 aromatic rings. The SMILES string of the molecule is CC(C)(C)[N-][Si](C)(C)C1=C2C=CC=CC2C=C1CCCCCC1=CC2C=CC=CC2=C1[Si](C)(C)[N-]C(C)(C)C.[CH3-].[CH3-].[Cl][Ti][Cl].[Cl][Ti][Cl]. The Morgan fingerprint density at radius 2 is 0.915 bits per heavy atom. The number of nitrogens with zero attached hydrogens (tertiary/aromatic N) is 2. The standard InChI is InChI=1S/C35H52N2Si2.2CH3.4ClH.2Ti/c1-34(2,3)36-38(7,8)32-28(24-26-18-14-16-22-30(26)32)20-12-11-13-21-29-25-27-19-15-17-23-31(27)33(29)39(9,10)37-35(4,5)6;;;;;;;;/h14-19,22-27H,11-13,20-21H2,1-10H3;2*1H3;4*1H;;/q-2;2*-1;;;;;2*+2/p-4. The summed E-state index contributed by atoms with van der Waals surface area (Å²) >= 11 is -1.11. The normalized spacial score (nSPS) is 19.7. The monoisotopic (exact) mass is 822 g/mol. The van der Waals surface area contributed by atoms with E-state index in [1.54, 1.807) is 21.5 Å². The molecule has 0 spiro atoms. The van der Waals surface area contributed by atoms with Crippen molar-refractivity contribution in [3.8, 4) is 0 Å². The van der Waals surface area contributed by atoms with Crippen LogP contribution in [-0.4, -0.2) is 27.5 Å². The van der Waals surface area contributed by atoms with E-state index in [1.807, 2.05) is 0 Å². The first-order valence-electron chi connectivity index (χ1n) is 15.9. The molecule has 4 aliphatic rings. The molecule has 0 aliphatic heterocycles. The first kappa shape index (κ1) is 47.9. The summed E-state index contributed by atoms with van der Waals surface area (Å²) in [6.45, 7) is 23.3. The van der Waals surface area contributed by atoms with Crippen LogP contribution in [0.3, 0.4) is 0 Å². The van der Waals surface area contributed by atoms with Gasteiger partial charge in [-0.15, -0.1) is 11.1 Å². The topological polar surface area (TPSA) is 28.2 Å². The summed E-state index contributed by atoms with van der Waals surface area (Å²) in [5.74, 6) is 0.894. The molecule has 2 nitrogen and oxygen atoms in total. The molecule has 0 fully saturated rings. The van der Waals surface area contributed by atoms with Crippen LogP contribution in [0.25, 0.3) is 9.96 Å². The van der Waals surface area contributed by atoms with Gasteiger partial charge in [0, 0.05) is 11.8 Å². The predicted octanol–water partition coefficient (Wildman–Crippen LogP) is 14.4. The van der Waals surface area contributed by atoms with E-state index in [0.717, 1.165) is 0 Å². The molecule has 0 bridgehead atoms. The van der Waals surface area contributed by atoms with Crippen LogP contribution in [0, 0.1) is 26.7 Å². The van der Waals surface area contributed by atoms with E-state index in [0.29, 0.717) is 11.8 Å². The molecule has 2 unspecified atom stereocenters. The second-order valence-electron chi connectivity index (χ2n) is 15.0. The third-order valence-corrected chi connectivity index (χ3v) is 14.1. The van der Waals surface area contributed by atoms with Crippen LogP contribution in [0.5, 0.6) is 0 Å². The number of rotatable bonds is 10. The van der Waals surface area contributed by atoms with E-state index < -0.39 is 50.5 Å². The van der Waals surface area contributed by atoms with Gasteiger partial charge in [-0.1, -0.05) is 156 Å². The molecule has 0 aromatic carbocycles. The van der Waals surface area contributed by atoms with Gasteiger partial charge in [0.05, 0.1) is 0 Å².